The lowest BCUT2D eigenvalue weighted by atomic mass is 10.3. The number of carbonyl (C=O) groups is 1. The Kier molecular flexibility index (Phi) is 11.7. The first-order valence-electron chi connectivity index (χ1n) is 5.49. The molecule has 0 aliphatic heterocycles. The smallest absolute Gasteiger partial charge is 0.376 e. The fourth-order valence-electron chi connectivity index (χ4n) is 1.05. The zero-order valence-electron chi connectivity index (χ0n) is 10.9. The second kappa shape index (κ2) is 11.5. The third-order valence-electron chi connectivity index (χ3n) is 1.67. The summed E-state index contributed by atoms with van der Waals surface area (Å²) >= 11 is 0. The summed E-state index contributed by atoms with van der Waals surface area (Å²) in [7, 11) is -3.87. The summed E-state index contributed by atoms with van der Waals surface area (Å²) < 4.78 is 26.4. The first-order valence-corrected chi connectivity index (χ1v) is 11.5. The Labute approximate surface area is 114 Å². The van der Waals surface area contributed by atoms with Crippen LogP contribution >= 0.6 is 0 Å². The van der Waals surface area contributed by atoms with Gasteiger partial charge in [-0.2, -0.15) is 0 Å². The maximum absolute atomic E-state index is 10.9. The largest absolute Gasteiger partial charge is 0.497 e. The van der Waals surface area contributed by atoms with Crippen LogP contribution in [0.1, 0.15) is 20.8 Å². The Balaban J connectivity index is 3.64. The van der Waals surface area contributed by atoms with E-state index in [0.717, 1.165) is 16.5 Å². The summed E-state index contributed by atoms with van der Waals surface area (Å²) in [5.74, 6) is 0.209. The lowest BCUT2D eigenvalue weighted by Crippen LogP contribution is -2.30. The zero-order valence-corrected chi connectivity index (χ0v) is 18.3. The zero-order chi connectivity index (χ0) is 13.1. The number of rotatable bonds is 10. The van der Waals surface area contributed by atoms with Gasteiger partial charge in [0.15, 0.2) is 0 Å². The predicted octanol–water partition coefficient (Wildman–Crippen LogP) is -3.23. The molecule has 0 radical (unpaired) electrons. The van der Waals surface area contributed by atoms with Gasteiger partial charge >= 0.3 is 9.28 Å². The van der Waals surface area contributed by atoms with E-state index in [0.29, 0.717) is 5.92 Å². The van der Waals surface area contributed by atoms with Crippen LogP contribution in [-0.4, -0.2) is 55.8 Å². The minimum atomic E-state index is -1.87. The van der Waals surface area contributed by atoms with E-state index in [1.54, 1.807) is 0 Å². The number of hydrogen-bond donors (Lipinski definition) is 0. The Morgan fingerprint density at radius 3 is 2.47 bits per heavy atom. The molecule has 11 heteroatoms. The van der Waals surface area contributed by atoms with E-state index >= 15 is 0 Å². The van der Waals surface area contributed by atoms with E-state index in [9.17, 15) is 4.79 Å². The molecule has 0 saturated heterocycles. The van der Waals surface area contributed by atoms with Crippen molar-refractivity contribution in [2.45, 2.75) is 26.8 Å². The van der Waals surface area contributed by atoms with Crippen molar-refractivity contribution in [3.8, 4) is 0 Å². The summed E-state index contributed by atoms with van der Waals surface area (Å²) in [5.41, 5.74) is 0. The van der Waals surface area contributed by atoms with Crippen LogP contribution in [-0.2, 0) is 25.7 Å². The van der Waals surface area contributed by atoms with Crippen LogP contribution in [0, 0.1) is 5.92 Å². The molecule has 6 nitrogen and oxygen atoms in total. The number of hydrogen-bond acceptors (Lipinski definition) is 6. The van der Waals surface area contributed by atoms with Crippen molar-refractivity contribution >= 4 is 55.8 Å². The highest BCUT2D eigenvalue weighted by Gasteiger charge is 2.18. The first kappa shape index (κ1) is 17.4. The molecule has 0 bridgehead atoms. The van der Waals surface area contributed by atoms with Crippen molar-refractivity contribution < 1.29 is 25.7 Å². The molecule has 0 spiro atoms. The van der Waals surface area contributed by atoms with Gasteiger partial charge in [0.2, 0.25) is 0 Å². The topological polar surface area (TPSA) is 63.2 Å². The maximum Gasteiger partial charge on any atom is 0.376 e. The highest BCUT2D eigenvalue weighted by Crippen LogP contribution is 2.07. The average molecular weight is 331 g/mol. The SMILES string of the molecule is CC(=O)O[SiH](CC(C)C)O[SiH2]O[SiH2]O[SiH2]O[SiH3]. The van der Waals surface area contributed by atoms with Crippen LogP contribution in [0.25, 0.3) is 0 Å². The van der Waals surface area contributed by atoms with E-state index in [2.05, 4.69) is 13.8 Å². The molecule has 0 aliphatic carbocycles. The average Bonchev–Trinajstić information content (AvgIpc) is 2.21. The van der Waals surface area contributed by atoms with Gasteiger partial charge in [-0.1, -0.05) is 13.8 Å². The van der Waals surface area contributed by atoms with Gasteiger partial charge in [0.25, 0.3) is 36.0 Å². The number of carbonyl (C=O) groups excluding carboxylic acids is 1. The molecule has 0 fully saturated rings. The lowest BCUT2D eigenvalue weighted by molar-refractivity contribution is -0.133. The molecule has 0 aromatic heterocycles. The standard InChI is InChI=1S/C6H22O6Si5/c1-5(2)4-17(8-6(3)7)12-16-11-15-10-14-9-13/h5,17H,4,14-16H2,1-3,13H3. The summed E-state index contributed by atoms with van der Waals surface area (Å²) in [6.07, 6.45) is 0. The van der Waals surface area contributed by atoms with Crippen LogP contribution in [0.3, 0.4) is 0 Å². The molecule has 1 unspecified atom stereocenters. The van der Waals surface area contributed by atoms with E-state index in [1.807, 2.05) is 0 Å². The Hall–Kier alpha value is 0.394. The predicted molar refractivity (Wildman–Crippen MR) is 78.5 cm³/mol. The normalized spacial score (nSPS) is 15.1. The highest BCUT2D eigenvalue weighted by molar-refractivity contribution is 6.54. The Morgan fingerprint density at radius 1 is 1.29 bits per heavy atom. The summed E-state index contributed by atoms with van der Waals surface area (Å²) in [6, 6.07) is 0.830. The second-order valence-corrected chi connectivity index (χ2v) is 13.1. The van der Waals surface area contributed by atoms with Crippen molar-refractivity contribution in [1.29, 1.82) is 0 Å². The van der Waals surface area contributed by atoms with Crippen LogP contribution < -0.4 is 0 Å². The molecule has 0 amide bonds. The van der Waals surface area contributed by atoms with Crippen molar-refractivity contribution in [1.82, 2.24) is 0 Å². The molecule has 102 valence electrons. The summed E-state index contributed by atoms with van der Waals surface area (Å²) in [5, 5.41) is 0. The third kappa shape index (κ3) is 12.6. The molecular weight excluding hydrogens is 308 g/mol. The lowest BCUT2D eigenvalue weighted by Gasteiger charge is -2.17. The minimum Gasteiger partial charge on any atom is -0.497 e. The van der Waals surface area contributed by atoms with Crippen molar-refractivity contribution in [3.05, 3.63) is 0 Å². The molecule has 0 rings (SSSR count). The molecule has 0 N–H and O–H groups in total. The van der Waals surface area contributed by atoms with Gasteiger partial charge in [-0.3, -0.25) is 4.79 Å². The van der Waals surface area contributed by atoms with Gasteiger partial charge in [-0.15, -0.1) is 0 Å². The Morgan fingerprint density at radius 2 is 1.94 bits per heavy atom. The monoisotopic (exact) mass is 330 g/mol. The van der Waals surface area contributed by atoms with Gasteiger partial charge < -0.3 is 20.9 Å². The fraction of sp³-hybridized carbons (Fsp3) is 0.833. The van der Waals surface area contributed by atoms with Gasteiger partial charge in [-0.25, -0.2) is 0 Å². The van der Waals surface area contributed by atoms with Gasteiger partial charge in [-0.05, 0) is 5.92 Å². The Bertz CT molecular complexity index is 205. The van der Waals surface area contributed by atoms with E-state index in [4.69, 9.17) is 20.9 Å². The molecule has 0 saturated carbocycles. The fourth-order valence-corrected chi connectivity index (χ4v) is 9.21. The van der Waals surface area contributed by atoms with Crippen molar-refractivity contribution in [3.63, 3.8) is 0 Å². The second-order valence-electron chi connectivity index (χ2n) is 3.89. The summed E-state index contributed by atoms with van der Waals surface area (Å²) in [4.78, 5) is 10.9. The van der Waals surface area contributed by atoms with Crippen LogP contribution in [0.15, 0.2) is 0 Å². The molecule has 0 aromatic rings. The molecule has 1 atom stereocenters. The van der Waals surface area contributed by atoms with Crippen LogP contribution in [0.5, 0.6) is 0 Å². The minimum absolute atomic E-state index is 0.262. The van der Waals surface area contributed by atoms with Crippen molar-refractivity contribution in [2.24, 2.45) is 5.92 Å². The van der Waals surface area contributed by atoms with Crippen LogP contribution in [0.2, 0.25) is 6.04 Å². The molecule has 17 heavy (non-hydrogen) atoms. The van der Waals surface area contributed by atoms with Gasteiger partial charge in [0, 0.05) is 13.0 Å². The van der Waals surface area contributed by atoms with E-state index < -0.39 is 39.3 Å². The van der Waals surface area contributed by atoms with Gasteiger partial charge in [0.1, 0.15) is 10.5 Å². The van der Waals surface area contributed by atoms with Crippen molar-refractivity contribution in [2.75, 3.05) is 0 Å². The summed E-state index contributed by atoms with van der Waals surface area (Å²) in [6.45, 7) is 5.58. The van der Waals surface area contributed by atoms with E-state index in [1.165, 1.54) is 6.92 Å². The molecule has 0 aromatic carbocycles. The van der Waals surface area contributed by atoms with E-state index in [-0.39, 0.29) is 5.97 Å². The van der Waals surface area contributed by atoms with Crippen LogP contribution in [0.4, 0.5) is 0 Å². The molecule has 0 aliphatic rings. The third-order valence-corrected chi connectivity index (χ3v) is 9.23. The molecule has 0 heterocycles. The molecular formula is C6H22O6Si5. The first-order chi connectivity index (χ1) is 8.06. The van der Waals surface area contributed by atoms with Gasteiger partial charge in [0.05, 0.1) is 0 Å². The maximum atomic E-state index is 10.9. The highest BCUT2D eigenvalue weighted by atomic mass is 28.4. The quantitative estimate of drug-likeness (QED) is 0.310.